The van der Waals surface area contributed by atoms with Gasteiger partial charge in [-0.1, -0.05) is 0 Å². The van der Waals surface area contributed by atoms with Crippen LogP contribution in [-0.2, 0) is 10.0 Å². The van der Waals surface area contributed by atoms with E-state index in [0.29, 0.717) is 5.75 Å². The van der Waals surface area contributed by atoms with E-state index in [1.54, 1.807) is 6.07 Å². The molecule has 0 spiro atoms. The van der Waals surface area contributed by atoms with E-state index in [0.717, 1.165) is 0 Å². The van der Waals surface area contributed by atoms with E-state index in [1.807, 2.05) is 0 Å². The molecule has 0 atom stereocenters. The van der Waals surface area contributed by atoms with Crippen molar-refractivity contribution >= 4 is 22.4 Å². The smallest absolute Gasteiger partial charge is 0.244 e. The Kier molecular flexibility index (Phi) is 7.00. The van der Waals surface area contributed by atoms with Gasteiger partial charge in [-0.2, -0.15) is 0 Å². The Morgan fingerprint density at radius 1 is 1.28 bits per heavy atom. The second-order valence-electron chi connectivity index (χ2n) is 3.20. The molecule has 0 unspecified atom stereocenters. The fourth-order valence-electron chi connectivity index (χ4n) is 1.27. The van der Waals surface area contributed by atoms with Gasteiger partial charge in [0.25, 0.3) is 0 Å². The number of nitrogens with two attached hydrogens (primary N) is 1. The fourth-order valence-corrected chi connectivity index (χ4v) is 2.49. The Morgan fingerprint density at radius 2 is 1.94 bits per heavy atom. The SMILES string of the molecule is COc1ccc(OC)c(S(=O)(=O)NCCN)c1.Cl. The molecule has 0 radical (unpaired) electrons. The van der Waals surface area contributed by atoms with Crippen LogP contribution < -0.4 is 19.9 Å². The van der Waals surface area contributed by atoms with Gasteiger partial charge >= 0.3 is 0 Å². The van der Waals surface area contributed by atoms with Crippen molar-refractivity contribution < 1.29 is 17.9 Å². The Bertz CT molecular complexity index is 479. The molecular formula is C10H17ClN2O4S. The molecule has 0 aliphatic rings. The topological polar surface area (TPSA) is 90.6 Å². The third-order valence-electron chi connectivity index (χ3n) is 2.10. The molecule has 18 heavy (non-hydrogen) atoms. The van der Waals surface area contributed by atoms with Gasteiger partial charge in [0, 0.05) is 19.2 Å². The molecule has 6 nitrogen and oxygen atoms in total. The number of hydrogen-bond donors (Lipinski definition) is 2. The van der Waals surface area contributed by atoms with Gasteiger partial charge in [-0.25, -0.2) is 13.1 Å². The summed E-state index contributed by atoms with van der Waals surface area (Å²) in [5.74, 6) is 0.703. The van der Waals surface area contributed by atoms with Crippen LogP contribution in [0.3, 0.4) is 0 Å². The van der Waals surface area contributed by atoms with E-state index in [1.165, 1.54) is 26.4 Å². The molecule has 0 heterocycles. The number of sulfonamides is 1. The third kappa shape index (κ3) is 4.02. The number of hydrogen-bond acceptors (Lipinski definition) is 5. The van der Waals surface area contributed by atoms with Gasteiger partial charge in [-0.15, -0.1) is 12.4 Å². The lowest BCUT2D eigenvalue weighted by Gasteiger charge is -2.11. The highest BCUT2D eigenvalue weighted by Gasteiger charge is 2.19. The van der Waals surface area contributed by atoms with Crippen LogP contribution in [0.1, 0.15) is 0 Å². The Morgan fingerprint density at radius 3 is 2.44 bits per heavy atom. The summed E-state index contributed by atoms with van der Waals surface area (Å²) >= 11 is 0. The zero-order chi connectivity index (χ0) is 12.9. The van der Waals surface area contributed by atoms with E-state index in [4.69, 9.17) is 15.2 Å². The number of ether oxygens (including phenoxy) is 2. The Balaban J connectivity index is 0.00000289. The maximum Gasteiger partial charge on any atom is 0.244 e. The molecule has 1 rings (SSSR count). The zero-order valence-electron chi connectivity index (χ0n) is 10.2. The van der Waals surface area contributed by atoms with Gasteiger partial charge in [0.1, 0.15) is 16.4 Å². The first kappa shape index (κ1) is 17.0. The highest BCUT2D eigenvalue weighted by Crippen LogP contribution is 2.27. The normalized spacial score (nSPS) is 10.6. The molecule has 0 saturated carbocycles. The number of halogens is 1. The predicted molar refractivity (Wildman–Crippen MR) is 71.0 cm³/mol. The van der Waals surface area contributed by atoms with Crippen LogP contribution in [0.15, 0.2) is 23.1 Å². The molecule has 1 aromatic rings. The molecule has 3 N–H and O–H groups in total. The summed E-state index contributed by atoms with van der Waals surface area (Å²) in [6.07, 6.45) is 0. The second-order valence-corrected chi connectivity index (χ2v) is 4.94. The minimum atomic E-state index is -3.63. The van der Waals surface area contributed by atoms with Crippen molar-refractivity contribution in [3.8, 4) is 11.5 Å². The van der Waals surface area contributed by atoms with Crippen molar-refractivity contribution in [2.24, 2.45) is 5.73 Å². The van der Waals surface area contributed by atoms with Crippen LogP contribution in [0, 0.1) is 0 Å². The predicted octanol–water partition coefficient (Wildman–Crippen LogP) is 0.363. The van der Waals surface area contributed by atoms with Crippen LogP contribution in [0.2, 0.25) is 0 Å². The van der Waals surface area contributed by atoms with E-state index in [2.05, 4.69) is 4.72 Å². The first-order valence-corrected chi connectivity index (χ1v) is 6.45. The molecule has 1 aromatic carbocycles. The van der Waals surface area contributed by atoms with Crippen LogP contribution >= 0.6 is 12.4 Å². The molecular weight excluding hydrogens is 280 g/mol. The number of methoxy groups -OCH3 is 2. The van der Waals surface area contributed by atoms with Crippen molar-refractivity contribution in [2.45, 2.75) is 4.90 Å². The Hall–Kier alpha value is -1.02. The third-order valence-corrected chi connectivity index (χ3v) is 3.58. The maximum absolute atomic E-state index is 11.9. The minimum absolute atomic E-state index is 0. The highest BCUT2D eigenvalue weighted by molar-refractivity contribution is 7.89. The second kappa shape index (κ2) is 7.42. The standard InChI is InChI=1S/C10H16N2O4S.ClH/c1-15-8-3-4-9(16-2)10(7-8)17(13,14)12-6-5-11;/h3-4,7,12H,5-6,11H2,1-2H3;1H. The summed E-state index contributed by atoms with van der Waals surface area (Å²) < 4.78 is 36.2. The van der Waals surface area contributed by atoms with Crippen LogP contribution in [0.5, 0.6) is 11.5 Å². The van der Waals surface area contributed by atoms with Gasteiger partial charge in [-0.05, 0) is 12.1 Å². The lowest BCUT2D eigenvalue weighted by Crippen LogP contribution is -2.29. The highest BCUT2D eigenvalue weighted by atomic mass is 35.5. The minimum Gasteiger partial charge on any atom is -0.497 e. The van der Waals surface area contributed by atoms with Crippen molar-refractivity contribution in [3.63, 3.8) is 0 Å². The first-order valence-electron chi connectivity index (χ1n) is 4.97. The molecule has 0 aliphatic carbocycles. The molecule has 0 saturated heterocycles. The van der Waals surface area contributed by atoms with Gasteiger partial charge in [0.2, 0.25) is 10.0 Å². The first-order chi connectivity index (χ1) is 8.05. The van der Waals surface area contributed by atoms with E-state index in [9.17, 15) is 8.42 Å². The lowest BCUT2D eigenvalue weighted by atomic mass is 10.3. The van der Waals surface area contributed by atoms with Crippen LogP contribution in [-0.4, -0.2) is 35.7 Å². The average Bonchev–Trinajstić information content (AvgIpc) is 2.35. The number of nitrogens with one attached hydrogen (secondary N) is 1. The zero-order valence-corrected chi connectivity index (χ0v) is 11.8. The summed E-state index contributed by atoms with van der Waals surface area (Å²) in [5.41, 5.74) is 5.26. The van der Waals surface area contributed by atoms with Crippen molar-refractivity contribution in [1.82, 2.24) is 4.72 Å². The molecule has 0 aromatic heterocycles. The maximum atomic E-state index is 11.9. The average molecular weight is 297 g/mol. The molecule has 0 bridgehead atoms. The molecule has 104 valence electrons. The van der Waals surface area contributed by atoms with Gasteiger partial charge in [0.05, 0.1) is 14.2 Å². The summed E-state index contributed by atoms with van der Waals surface area (Å²) in [5, 5.41) is 0. The molecule has 0 amide bonds. The molecule has 8 heteroatoms. The summed E-state index contributed by atoms with van der Waals surface area (Å²) in [7, 11) is -0.762. The Labute approximate surface area is 113 Å². The van der Waals surface area contributed by atoms with Gasteiger partial charge < -0.3 is 15.2 Å². The fraction of sp³-hybridized carbons (Fsp3) is 0.400. The number of benzene rings is 1. The van der Waals surface area contributed by atoms with Crippen molar-refractivity contribution in [2.75, 3.05) is 27.3 Å². The lowest BCUT2D eigenvalue weighted by molar-refractivity contribution is 0.392. The largest absolute Gasteiger partial charge is 0.497 e. The van der Waals surface area contributed by atoms with Gasteiger partial charge in [-0.3, -0.25) is 0 Å². The van der Waals surface area contributed by atoms with E-state index in [-0.39, 0.29) is 36.1 Å². The van der Waals surface area contributed by atoms with Crippen molar-refractivity contribution in [1.29, 1.82) is 0 Å². The molecule has 0 fully saturated rings. The van der Waals surface area contributed by atoms with E-state index >= 15 is 0 Å². The quantitative estimate of drug-likeness (QED) is 0.791. The summed E-state index contributed by atoms with van der Waals surface area (Å²) in [6, 6.07) is 4.56. The van der Waals surface area contributed by atoms with E-state index < -0.39 is 10.0 Å². The van der Waals surface area contributed by atoms with Crippen LogP contribution in [0.25, 0.3) is 0 Å². The monoisotopic (exact) mass is 296 g/mol. The molecule has 0 aliphatic heterocycles. The summed E-state index contributed by atoms with van der Waals surface area (Å²) in [4.78, 5) is 0.0350. The number of rotatable bonds is 6. The summed E-state index contributed by atoms with van der Waals surface area (Å²) in [6.45, 7) is 0.397. The van der Waals surface area contributed by atoms with Crippen LogP contribution in [0.4, 0.5) is 0 Å². The van der Waals surface area contributed by atoms with Crippen molar-refractivity contribution in [3.05, 3.63) is 18.2 Å². The van der Waals surface area contributed by atoms with Gasteiger partial charge in [0.15, 0.2) is 0 Å².